The Balaban J connectivity index is 2.45. The predicted octanol–water partition coefficient (Wildman–Crippen LogP) is 1.32. The van der Waals surface area contributed by atoms with E-state index in [2.05, 4.69) is 21.2 Å². The third kappa shape index (κ3) is 3.22. The number of carbonyl (C=O) groups is 1. The Bertz CT molecular complexity index is 648. The Morgan fingerprint density at radius 3 is 2.81 bits per heavy atom. The van der Waals surface area contributed by atoms with Crippen LogP contribution in [0, 0.1) is 0 Å². The van der Waals surface area contributed by atoms with E-state index >= 15 is 0 Å². The smallest absolute Gasteiger partial charge is 0.245 e. The largest absolute Gasteiger partial charge is 0.398 e. The van der Waals surface area contributed by atoms with Crippen LogP contribution in [0.4, 0.5) is 5.69 Å². The van der Waals surface area contributed by atoms with E-state index in [0.29, 0.717) is 17.4 Å². The fraction of sp³-hybridized carbons (Fsp3) is 0.462. The number of sulfonamides is 1. The van der Waals surface area contributed by atoms with Gasteiger partial charge in [-0.3, -0.25) is 4.79 Å². The van der Waals surface area contributed by atoms with Gasteiger partial charge in [-0.05, 0) is 31.0 Å². The van der Waals surface area contributed by atoms with Crippen molar-refractivity contribution in [1.82, 2.24) is 9.62 Å². The molecule has 6 nitrogen and oxygen atoms in total. The van der Waals surface area contributed by atoms with Gasteiger partial charge in [0.05, 0.1) is 5.69 Å². The minimum atomic E-state index is -3.80. The van der Waals surface area contributed by atoms with Crippen LogP contribution < -0.4 is 11.1 Å². The maximum Gasteiger partial charge on any atom is 0.245 e. The van der Waals surface area contributed by atoms with E-state index < -0.39 is 16.1 Å². The zero-order valence-corrected chi connectivity index (χ0v) is 14.1. The van der Waals surface area contributed by atoms with E-state index in [-0.39, 0.29) is 16.5 Å². The lowest BCUT2D eigenvalue weighted by Crippen LogP contribution is -2.51. The Labute approximate surface area is 132 Å². The van der Waals surface area contributed by atoms with E-state index in [1.807, 2.05) is 0 Å². The maximum atomic E-state index is 12.8. The summed E-state index contributed by atoms with van der Waals surface area (Å²) in [6, 6.07) is 4.02. The summed E-state index contributed by atoms with van der Waals surface area (Å²) in [6.07, 6.45) is 2.09. The monoisotopic (exact) mass is 375 g/mol. The summed E-state index contributed by atoms with van der Waals surface area (Å²) in [5.41, 5.74) is 5.99. The highest BCUT2D eigenvalue weighted by atomic mass is 79.9. The van der Waals surface area contributed by atoms with Crippen LogP contribution in [0.15, 0.2) is 27.6 Å². The Morgan fingerprint density at radius 1 is 1.43 bits per heavy atom. The lowest BCUT2D eigenvalue weighted by atomic mass is 10.0. The molecule has 1 aromatic rings. The molecule has 1 saturated heterocycles. The lowest BCUT2D eigenvalue weighted by Gasteiger charge is -2.33. The van der Waals surface area contributed by atoms with Gasteiger partial charge in [-0.2, -0.15) is 4.31 Å². The number of nitrogen functional groups attached to an aromatic ring is 1. The molecule has 0 saturated carbocycles. The van der Waals surface area contributed by atoms with Gasteiger partial charge in [0.15, 0.2) is 0 Å². The highest BCUT2D eigenvalue weighted by molar-refractivity contribution is 9.10. The van der Waals surface area contributed by atoms with E-state index in [1.165, 1.54) is 23.5 Å². The number of nitrogens with two attached hydrogens (primary N) is 1. The van der Waals surface area contributed by atoms with Gasteiger partial charge in [-0.15, -0.1) is 0 Å². The number of likely N-dealkylation sites (N-methyl/N-ethyl adjacent to an activating group) is 1. The molecule has 1 fully saturated rings. The molecule has 0 radical (unpaired) electrons. The fourth-order valence-corrected chi connectivity index (χ4v) is 4.79. The lowest BCUT2D eigenvalue weighted by molar-refractivity contribution is -0.125. The number of carbonyl (C=O) groups excluding carboxylic acids is 1. The van der Waals surface area contributed by atoms with E-state index in [0.717, 1.165) is 12.8 Å². The molecule has 21 heavy (non-hydrogen) atoms. The van der Waals surface area contributed by atoms with Crippen LogP contribution in [0.1, 0.15) is 19.3 Å². The first kappa shape index (κ1) is 16.3. The van der Waals surface area contributed by atoms with Crippen LogP contribution >= 0.6 is 15.9 Å². The zero-order chi connectivity index (χ0) is 15.6. The van der Waals surface area contributed by atoms with Gasteiger partial charge in [-0.1, -0.05) is 22.4 Å². The highest BCUT2D eigenvalue weighted by Gasteiger charge is 2.38. The summed E-state index contributed by atoms with van der Waals surface area (Å²) in [5, 5.41) is 2.53. The molecule has 1 unspecified atom stereocenters. The summed E-state index contributed by atoms with van der Waals surface area (Å²) in [4.78, 5) is 12.0. The van der Waals surface area contributed by atoms with Gasteiger partial charge >= 0.3 is 0 Å². The number of piperidine rings is 1. The molecule has 1 aromatic carbocycles. The number of amides is 1. The van der Waals surface area contributed by atoms with E-state index in [1.54, 1.807) is 6.07 Å². The topological polar surface area (TPSA) is 92.5 Å². The number of anilines is 1. The Kier molecular flexibility index (Phi) is 4.90. The fourth-order valence-electron chi connectivity index (χ4n) is 2.48. The highest BCUT2D eigenvalue weighted by Crippen LogP contribution is 2.30. The van der Waals surface area contributed by atoms with Crippen LogP contribution in [0.5, 0.6) is 0 Å². The third-order valence-corrected chi connectivity index (χ3v) is 6.02. The minimum absolute atomic E-state index is 0.0349. The number of rotatable bonds is 3. The Morgan fingerprint density at radius 2 is 2.14 bits per heavy atom. The van der Waals surface area contributed by atoms with Crippen molar-refractivity contribution in [2.45, 2.75) is 30.2 Å². The van der Waals surface area contributed by atoms with Crippen molar-refractivity contribution in [2.24, 2.45) is 0 Å². The first-order chi connectivity index (χ1) is 9.87. The van der Waals surface area contributed by atoms with Crippen LogP contribution in [-0.2, 0) is 14.8 Å². The molecule has 116 valence electrons. The van der Waals surface area contributed by atoms with Crippen molar-refractivity contribution in [3.8, 4) is 0 Å². The molecule has 1 aliphatic heterocycles. The number of hydrogen-bond acceptors (Lipinski definition) is 4. The molecule has 1 aliphatic rings. The summed E-state index contributed by atoms with van der Waals surface area (Å²) in [6.45, 7) is 0.326. The van der Waals surface area contributed by atoms with Crippen molar-refractivity contribution in [3.63, 3.8) is 0 Å². The average molecular weight is 376 g/mol. The third-order valence-electron chi connectivity index (χ3n) is 3.56. The quantitative estimate of drug-likeness (QED) is 0.779. The van der Waals surface area contributed by atoms with Gasteiger partial charge in [0, 0.05) is 18.1 Å². The molecular formula is C13H18BrN3O3S. The van der Waals surface area contributed by atoms with Gasteiger partial charge in [0.25, 0.3) is 0 Å². The first-order valence-electron chi connectivity index (χ1n) is 6.66. The first-order valence-corrected chi connectivity index (χ1v) is 8.89. The van der Waals surface area contributed by atoms with E-state index in [9.17, 15) is 13.2 Å². The standard InChI is InChI=1S/C13H18BrN3O3S/c1-16-13(18)11-4-2-3-7-17(11)21(19,20)12-8-9(14)5-6-10(12)15/h5-6,8,11H,2-4,7,15H2,1H3,(H,16,18). The van der Waals surface area contributed by atoms with Crippen LogP contribution in [-0.4, -0.2) is 38.3 Å². The normalized spacial score (nSPS) is 20.2. The molecule has 1 heterocycles. The van der Waals surface area contributed by atoms with Crippen molar-refractivity contribution in [2.75, 3.05) is 19.3 Å². The summed E-state index contributed by atoms with van der Waals surface area (Å²) < 4.78 is 27.6. The molecule has 0 aliphatic carbocycles. The van der Waals surface area contributed by atoms with Crippen molar-refractivity contribution in [1.29, 1.82) is 0 Å². The molecular weight excluding hydrogens is 358 g/mol. The predicted molar refractivity (Wildman–Crippen MR) is 84.2 cm³/mol. The van der Waals surface area contributed by atoms with Crippen LogP contribution in [0.25, 0.3) is 0 Å². The van der Waals surface area contributed by atoms with Crippen LogP contribution in [0.2, 0.25) is 0 Å². The number of hydrogen-bond donors (Lipinski definition) is 2. The number of benzene rings is 1. The van der Waals surface area contributed by atoms with Gasteiger partial charge in [-0.25, -0.2) is 8.42 Å². The van der Waals surface area contributed by atoms with Gasteiger partial charge < -0.3 is 11.1 Å². The summed E-state index contributed by atoms with van der Waals surface area (Å²) in [5.74, 6) is -0.285. The second kappa shape index (κ2) is 6.33. The molecule has 1 atom stereocenters. The molecule has 2 rings (SSSR count). The van der Waals surface area contributed by atoms with Crippen molar-refractivity contribution in [3.05, 3.63) is 22.7 Å². The maximum absolute atomic E-state index is 12.8. The Hall–Kier alpha value is -1.12. The van der Waals surface area contributed by atoms with Gasteiger partial charge in [0.2, 0.25) is 15.9 Å². The minimum Gasteiger partial charge on any atom is -0.398 e. The van der Waals surface area contributed by atoms with Gasteiger partial charge in [0.1, 0.15) is 10.9 Å². The number of nitrogens with zero attached hydrogens (tertiary/aromatic N) is 1. The van der Waals surface area contributed by atoms with Crippen LogP contribution in [0.3, 0.4) is 0 Å². The zero-order valence-electron chi connectivity index (χ0n) is 11.7. The van der Waals surface area contributed by atoms with Crippen molar-refractivity contribution >= 4 is 37.5 Å². The number of nitrogens with one attached hydrogen (secondary N) is 1. The number of halogens is 1. The van der Waals surface area contributed by atoms with E-state index in [4.69, 9.17) is 5.73 Å². The molecule has 0 bridgehead atoms. The van der Waals surface area contributed by atoms with Crippen molar-refractivity contribution < 1.29 is 13.2 Å². The second-order valence-corrected chi connectivity index (χ2v) is 7.70. The molecule has 1 amide bonds. The average Bonchev–Trinajstić information content (AvgIpc) is 2.48. The summed E-state index contributed by atoms with van der Waals surface area (Å²) in [7, 11) is -2.29. The molecule has 3 N–H and O–H groups in total. The molecule has 0 spiro atoms. The second-order valence-electron chi connectivity index (χ2n) is 4.92. The summed E-state index contributed by atoms with van der Waals surface area (Å²) >= 11 is 3.25. The molecule has 8 heteroatoms. The molecule has 0 aromatic heterocycles. The SMILES string of the molecule is CNC(=O)C1CCCCN1S(=O)(=O)c1cc(Br)ccc1N.